The van der Waals surface area contributed by atoms with Gasteiger partial charge in [-0.3, -0.25) is 4.79 Å². The Balaban J connectivity index is 1.96. The number of fused-ring (bicyclic) bond motifs is 1. The van der Waals surface area contributed by atoms with Crippen LogP contribution >= 0.6 is 34.8 Å². The summed E-state index contributed by atoms with van der Waals surface area (Å²) in [6, 6.07) is 10.1. The van der Waals surface area contributed by atoms with Crippen molar-refractivity contribution in [2.24, 2.45) is 0 Å². The molecule has 0 aromatic heterocycles. The quantitative estimate of drug-likeness (QED) is 0.781. The Labute approximate surface area is 130 Å². The van der Waals surface area contributed by atoms with Gasteiger partial charge in [-0.2, -0.15) is 0 Å². The third-order valence-corrected chi connectivity index (χ3v) is 4.14. The van der Waals surface area contributed by atoms with Crippen LogP contribution in [0.15, 0.2) is 36.4 Å². The molecule has 0 saturated carbocycles. The SMILES string of the molecule is O=C1Nc2ccccc2C1Nc1cc(Cl)c(Cl)cc1Cl. The first-order chi connectivity index (χ1) is 9.56. The lowest BCUT2D eigenvalue weighted by molar-refractivity contribution is -0.116. The molecule has 0 radical (unpaired) electrons. The number of nitrogens with one attached hydrogen (secondary N) is 2. The molecular weight excluding hydrogens is 319 g/mol. The number of carbonyl (C=O) groups excluding carboxylic acids is 1. The van der Waals surface area contributed by atoms with Gasteiger partial charge in [0.05, 0.1) is 20.8 Å². The smallest absolute Gasteiger partial charge is 0.251 e. The molecule has 1 amide bonds. The summed E-state index contributed by atoms with van der Waals surface area (Å²) in [6.07, 6.45) is 0. The van der Waals surface area contributed by atoms with E-state index in [1.807, 2.05) is 24.3 Å². The number of para-hydroxylation sites is 1. The molecule has 2 aromatic carbocycles. The fourth-order valence-corrected chi connectivity index (χ4v) is 2.74. The van der Waals surface area contributed by atoms with E-state index >= 15 is 0 Å². The lowest BCUT2D eigenvalue weighted by Crippen LogP contribution is -2.19. The van der Waals surface area contributed by atoms with Gasteiger partial charge in [0.2, 0.25) is 0 Å². The summed E-state index contributed by atoms with van der Waals surface area (Å²) in [4.78, 5) is 12.0. The van der Waals surface area contributed by atoms with Gasteiger partial charge in [-0.15, -0.1) is 0 Å². The van der Waals surface area contributed by atoms with Crippen LogP contribution in [-0.2, 0) is 4.79 Å². The second-order valence-electron chi connectivity index (χ2n) is 4.40. The summed E-state index contributed by atoms with van der Waals surface area (Å²) in [5.74, 6) is -0.131. The summed E-state index contributed by atoms with van der Waals surface area (Å²) >= 11 is 18.0. The molecule has 6 heteroatoms. The molecule has 1 aliphatic heterocycles. The monoisotopic (exact) mass is 326 g/mol. The molecule has 0 fully saturated rings. The predicted molar refractivity (Wildman–Crippen MR) is 82.9 cm³/mol. The van der Waals surface area contributed by atoms with E-state index in [0.29, 0.717) is 20.8 Å². The van der Waals surface area contributed by atoms with Crippen LogP contribution in [0.25, 0.3) is 0 Å². The number of rotatable bonds is 2. The minimum absolute atomic E-state index is 0.131. The lowest BCUT2D eigenvalue weighted by Gasteiger charge is -2.15. The van der Waals surface area contributed by atoms with Crippen molar-refractivity contribution in [2.75, 3.05) is 10.6 Å². The molecule has 102 valence electrons. The van der Waals surface area contributed by atoms with Crippen molar-refractivity contribution in [1.29, 1.82) is 0 Å². The minimum Gasteiger partial charge on any atom is -0.369 e. The third-order valence-electron chi connectivity index (χ3n) is 3.10. The highest BCUT2D eigenvalue weighted by molar-refractivity contribution is 6.44. The summed E-state index contributed by atoms with van der Waals surface area (Å²) in [5, 5.41) is 7.07. The van der Waals surface area contributed by atoms with Crippen molar-refractivity contribution in [3.8, 4) is 0 Å². The summed E-state index contributed by atoms with van der Waals surface area (Å²) in [7, 11) is 0. The van der Waals surface area contributed by atoms with Gasteiger partial charge >= 0.3 is 0 Å². The van der Waals surface area contributed by atoms with Gasteiger partial charge in [0.1, 0.15) is 6.04 Å². The topological polar surface area (TPSA) is 41.1 Å². The Kier molecular flexibility index (Phi) is 3.50. The maximum atomic E-state index is 12.0. The molecule has 3 nitrogen and oxygen atoms in total. The lowest BCUT2D eigenvalue weighted by atomic mass is 10.1. The molecule has 3 rings (SSSR count). The highest BCUT2D eigenvalue weighted by Crippen LogP contribution is 2.37. The zero-order valence-electron chi connectivity index (χ0n) is 10.1. The highest BCUT2D eigenvalue weighted by Gasteiger charge is 2.30. The van der Waals surface area contributed by atoms with E-state index in [1.54, 1.807) is 12.1 Å². The van der Waals surface area contributed by atoms with Gasteiger partial charge in [0.15, 0.2) is 0 Å². The summed E-state index contributed by atoms with van der Waals surface area (Å²) in [6.45, 7) is 0. The van der Waals surface area contributed by atoms with Crippen LogP contribution in [0.2, 0.25) is 15.1 Å². The van der Waals surface area contributed by atoms with Gasteiger partial charge in [-0.25, -0.2) is 0 Å². The molecule has 1 aliphatic rings. The Morgan fingerprint density at radius 2 is 1.70 bits per heavy atom. The van der Waals surface area contributed by atoms with E-state index in [9.17, 15) is 4.79 Å². The Hall–Kier alpha value is -1.42. The standard InChI is InChI=1S/C14H9Cl3N2O/c15-8-5-10(17)12(6-9(8)16)18-13-7-3-1-2-4-11(7)19-14(13)20/h1-6,13,18H,(H,19,20). The Morgan fingerprint density at radius 1 is 1.00 bits per heavy atom. The molecule has 1 unspecified atom stereocenters. The first kappa shape index (κ1) is 13.6. The van der Waals surface area contributed by atoms with Crippen LogP contribution in [0.5, 0.6) is 0 Å². The molecule has 1 atom stereocenters. The number of carbonyl (C=O) groups is 1. The molecule has 1 heterocycles. The van der Waals surface area contributed by atoms with Crippen molar-refractivity contribution in [3.05, 3.63) is 57.0 Å². The minimum atomic E-state index is -0.499. The van der Waals surface area contributed by atoms with Crippen LogP contribution < -0.4 is 10.6 Å². The normalized spacial score (nSPS) is 16.8. The van der Waals surface area contributed by atoms with Crippen LogP contribution in [0.3, 0.4) is 0 Å². The van der Waals surface area contributed by atoms with Crippen LogP contribution in [0.4, 0.5) is 11.4 Å². The van der Waals surface area contributed by atoms with Gasteiger partial charge in [0, 0.05) is 11.3 Å². The van der Waals surface area contributed by atoms with E-state index in [-0.39, 0.29) is 5.91 Å². The highest BCUT2D eigenvalue weighted by atomic mass is 35.5. The summed E-state index contributed by atoms with van der Waals surface area (Å²) in [5.41, 5.74) is 2.24. The maximum Gasteiger partial charge on any atom is 0.251 e. The molecule has 0 saturated heterocycles. The second kappa shape index (κ2) is 5.17. The van der Waals surface area contributed by atoms with Crippen LogP contribution in [0, 0.1) is 0 Å². The molecule has 2 N–H and O–H groups in total. The molecule has 0 bridgehead atoms. The van der Waals surface area contributed by atoms with Crippen molar-refractivity contribution in [3.63, 3.8) is 0 Å². The van der Waals surface area contributed by atoms with Crippen LogP contribution in [-0.4, -0.2) is 5.91 Å². The maximum absolute atomic E-state index is 12.0. The van der Waals surface area contributed by atoms with Crippen LogP contribution in [0.1, 0.15) is 11.6 Å². The van der Waals surface area contributed by atoms with Gasteiger partial charge < -0.3 is 10.6 Å². The largest absolute Gasteiger partial charge is 0.369 e. The first-order valence-electron chi connectivity index (χ1n) is 5.87. The Morgan fingerprint density at radius 3 is 2.50 bits per heavy atom. The van der Waals surface area contributed by atoms with E-state index in [1.165, 1.54) is 0 Å². The van der Waals surface area contributed by atoms with Gasteiger partial charge in [0.25, 0.3) is 5.91 Å². The average molecular weight is 328 g/mol. The van der Waals surface area contributed by atoms with Gasteiger partial charge in [-0.1, -0.05) is 53.0 Å². The van der Waals surface area contributed by atoms with E-state index in [0.717, 1.165) is 11.3 Å². The number of halogens is 3. The van der Waals surface area contributed by atoms with Crippen molar-refractivity contribution < 1.29 is 4.79 Å². The fraction of sp³-hybridized carbons (Fsp3) is 0.0714. The number of anilines is 2. The number of benzene rings is 2. The van der Waals surface area contributed by atoms with E-state index in [4.69, 9.17) is 34.8 Å². The zero-order valence-corrected chi connectivity index (χ0v) is 12.4. The van der Waals surface area contributed by atoms with Crippen molar-refractivity contribution >= 4 is 52.1 Å². The molecule has 0 aliphatic carbocycles. The Bertz CT molecular complexity index is 703. The second-order valence-corrected chi connectivity index (χ2v) is 5.62. The fourth-order valence-electron chi connectivity index (χ4n) is 2.14. The van der Waals surface area contributed by atoms with Gasteiger partial charge in [-0.05, 0) is 18.2 Å². The average Bonchev–Trinajstić information content (AvgIpc) is 2.72. The molecule has 0 spiro atoms. The third kappa shape index (κ3) is 2.33. The van der Waals surface area contributed by atoms with E-state index < -0.39 is 6.04 Å². The zero-order chi connectivity index (χ0) is 14.3. The van der Waals surface area contributed by atoms with E-state index in [2.05, 4.69) is 10.6 Å². The van der Waals surface area contributed by atoms with Crippen molar-refractivity contribution in [2.45, 2.75) is 6.04 Å². The number of hydrogen-bond acceptors (Lipinski definition) is 2. The molecule has 20 heavy (non-hydrogen) atoms. The first-order valence-corrected chi connectivity index (χ1v) is 7.00. The number of amides is 1. The molecular formula is C14H9Cl3N2O. The predicted octanol–water partition coefficient (Wildman–Crippen LogP) is 4.75. The number of hydrogen-bond donors (Lipinski definition) is 2. The molecule has 2 aromatic rings. The van der Waals surface area contributed by atoms with Crippen molar-refractivity contribution in [1.82, 2.24) is 0 Å². The summed E-state index contributed by atoms with van der Waals surface area (Å²) < 4.78 is 0.